The molecule has 1 aromatic carbocycles. The van der Waals surface area contributed by atoms with E-state index < -0.39 is 29.1 Å². The molecule has 0 heterocycles. The summed E-state index contributed by atoms with van der Waals surface area (Å²) >= 11 is 0. The van der Waals surface area contributed by atoms with E-state index >= 15 is 0 Å². The van der Waals surface area contributed by atoms with Crippen molar-refractivity contribution in [3.8, 4) is 0 Å². The van der Waals surface area contributed by atoms with Gasteiger partial charge >= 0.3 is 6.09 Å². The standard InChI is InChI=1S/C19H30N2O5/c1-18(2,3)26-17(23)21-13-19(25-5,16(20)22)15(12-24-4)11-14-9-7-6-8-10-14/h6-10,15H,11-13H2,1-5H3,(H2,20,22)(H,21,23)/t15-,19-/m0/s1. The van der Waals surface area contributed by atoms with E-state index in [4.69, 9.17) is 19.9 Å². The third-order valence-corrected chi connectivity index (χ3v) is 4.03. The third kappa shape index (κ3) is 6.31. The number of nitrogens with two attached hydrogens (primary N) is 1. The van der Waals surface area contributed by atoms with Crippen molar-refractivity contribution < 1.29 is 23.8 Å². The number of methoxy groups -OCH3 is 2. The number of hydrogen-bond donors (Lipinski definition) is 2. The topological polar surface area (TPSA) is 99.9 Å². The minimum atomic E-state index is -1.43. The molecule has 0 spiro atoms. The number of carbonyl (C=O) groups excluding carboxylic acids is 2. The van der Waals surface area contributed by atoms with Crippen LogP contribution in [-0.2, 0) is 25.4 Å². The van der Waals surface area contributed by atoms with Crippen LogP contribution in [0, 0.1) is 5.92 Å². The van der Waals surface area contributed by atoms with Crippen molar-refractivity contribution >= 4 is 12.0 Å². The Morgan fingerprint density at radius 2 is 1.77 bits per heavy atom. The molecule has 146 valence electrons. The second kappa shape index (κ2) is 9.54. The second-order valence-corrected chi connectivity index (χ2v) is 7.16. The molecular weight excluding hydrogens is 336 g/mol. The molecule has 0 fully saturated rings. The summed E-state index contributed by atoms with van der Waals surface area (Å²) < 4.78 is 16.1. The van der Waals surface area contributed by atoms with E-state index in [1.54, 1.807) is 27.9 Å². The van der Waals surface area contributed by atoms with Gasteiger partial charge in [-0.05, 0) is 32.8 Å². The Morgan fingerprint density at radius 3 is 2.23 bits per heavy atom. The number of nitrogens with one attached hydrogen (secondary N) is 1. The van der Waals surface area contributed by atoms with E-state index in [0.717, 1.165) is 5.56 Å². The van der Waals surface area contributed by atoms with Gasteiger partial charge in [-0.1, -0.05) is 30.3 Å². The number of primary amides is 1. The minimum Gasteiger partial charge on any atom is -0.444 e. The van der Waals surface area contributed by atoms with Crippen LogP contribution in [0.25, 0.3) is 0 Å². The number of amides is 2. The van der Waals surface area contributed by atoms with Crippen LogP contribution < -0.4 is 11.1 Å². The molecule has 0 aliphatic rings. The number of benzene rings is 1. The van der Waals surface area contributed by atoms with Gasteiger partial charge in [-0.25, -0.2) is 4.79 Å². The van der Waals surface area contributed by atoms with E-state index in [1.807, 2.05) is 30.3 Å². The van der Waals surface area contributed by atoms with Crippen LogP contribution in [-0.4, -0.2) is 50.6 Å². The maximum atomic E-state index is 12.3. The minimum absolute atomic E-state index is 0.116. The first-order chi connectivity index (χ1) is 12.1. The number of ether oxygens (including phenoxy) is 3. The third-order valence-electron chi connectivity index (χ3n) is 4.03. The van der Waals surface area contributed by atoms with Crippen molar-refractivity contribution in [1.29, 1.82) is 0 Å². The van der Waals surface area contributed by atoms with Gasteiger partial charge in [0, 0.05) is 20.1 Å². The van der Waals surface area contributed by atoms with Crippen molar-refractivity contribution in [2.75, 3.05) is 27.4 Å². The second-order valence-electron chi connectivity index (χ2n) is 7.16. The summed E-state index contributed by atoms with van der Waals surface area (Å²) in [7, 11) is 2.94. The highest BCUT2D eigenvalue weighted by Gasteiger charge is 2.45. The van der Waals surface area contributed by atoms with Crippen LogP contribution in [0.3, 0.4) is 0 Å². The molecule has 7 heteroatoms. The number of alkyl carbamates (subject to hydrolysis) is 1. The van der Waals surface area contributed by atoms with Gasteiger partial charge < -0.3 is 25.3 Å². The lowest BCUT2D eigenvalue weighted by Gasteiger charge is -2.37. The predicted molar refractivity (Wildman–Crippen MR) is 98.7 cm³/mol. The summed E-state index contributed by atoms with van der Waals surface area (Å²) in [6, 6.07) is 9.64. The molecule has 0 saturated heterocycles. The van der Waals surface area contributed by atoms with Crippen molar-refractivity contribution in [2.24, 2.45) is 11.7 Å². The molecule has 26 heavy (non-hydrogen) atoms. The molecule has 0 aromatic heterocycles. The first-order valence-electron chi connectivity index (χ1n) is 8.49. The van der Waals surface area contributed by atoms with E-state index in [0.29, 0.717) is 6.42 Å². The zero-order valence-corrected chi connectivity index (χ0v) is 16.2. The Morgan fingerprint density at radius 1 is 1.15 bits per heavy atom. The van der Waals surface area contributed by atoms with Crippen molar-refractivity contribution in [2.45, 2.75) is 38.4 Å². The summed E-state index contributed by atoms with van der Waals surface area (Å²) in [5.41, 5.74) is 4.60. The number of rotatable bonds is 9. The highest BCUT2D eigenvalue weighted by Crippen LogP contribution is 2.26. The van der Waals surface area contributed by atoms with Gasteiger partial charge in [0.25, 0.3) is 5.91 Å². The maximum absolute atomic E-state index is 12.3. The summed E-state index contributed by atoms with van der Waals surface area (Å²) in [5.74, 6) is -1.07. The lowest BCUT2D eigenvalue weighted by molar-refractivity contribution is -0.149. The smallest absolute Gasteiger partial charge is 0.407 e. The molecule has 1 aromatic rings. The average molecular weight is 366 g/mol. The van der Waals surface area contributed by atoms with Gasteiger partial charge in [-0.3, -0.25) is 4.79 Å². The van der Waals surface area contributed by atoms with Gasteiger partial charge in [0.1, 0.15) is 5.60 Å². The molecule has 0 unspecified atom stereocenters. The fourth-order valence-corrected chi connectivity index (χ4v) is 2.75. The molecule has 1 rings (SSSR count). The van der Waals surface area contributed by atoms with Crippen molar-refractivity contribution in [1.82, 2.24) is 5.32 Å². The van der Waals surface area contributed by atoms with Gasteiger partial charge in [0.15, 0.2) is 5.60 Å². The van der Waals surface area contributed by atoms with Gasteiger partial charge in [-0.15, -0.1) is 0 Å². The molecule has 0 aliphatic heterocycles. The highest BCUT2D eigenvalue weighted by molar-refractivity contribution is 5.85. The van der Waals surface area contributed by atoms with Crippen LogP contribution in [0.4, 0.5) is 4.79 Å². The van der Waals surface area contributed by atoms with Crippen LogP contribution >= 0.6 is 0 Å². The molecular formula is C19H30N2O5. The van der Waals surface area contributed by atoms with Gasteiger partial charge in [0.2, 0.25) is 0 Å². The molecule has 0 aliphatic carbocycles. The molecule has 2 atom stereocenters. The van der Waals surface area contributed by atoms with E-state index in [1.165, 1.54) is 7.11 Å². The molecule has 7 nitrogen and oxygen atoms in total. The maximum Gasteiger partial charge on any atom is 0.407 e. The fraction of sp³-hybridized carbons (Fsp3) is 0.579. The van der Waals surface area contributed by atoms with Crippen molar-refractivity contribution in [3.63, 3.8) is 0 Å². The Kier molecular flexibility index (Phi) is 8.05. The van der Waals surface area contributed by atoms with Crippen molar-refractivity contribution in [3.05, 3.63) is 35.9 Å². The van der Waals surface area contributed by atoms with Gasteiger partial charge in [-0.2, -0.15) is 0 Å². The largest absolute Gasteiger partial charge is 0.444 e. The molecule has 0 radical (unpaired) electrons. The van der Waals surface area contributed by atoms with Gasteiger partial charge in [0.05, 0.1) is 13.2 Å². The van der Waals surface area contributed by atoms with E-state index in [9.17, 15) is 9.59 Å². The average Bonchev–Trinajstić information content (AvgIpc) is 2.55. The lowest BCUT2D eigenvalue weighted by atomic mass is 9.82. The van der Waals surface area contributed by atoms with Crippen LogP contribution in [0.15, 0.2) is 30.3 Å². The zero-order valence-electron chi connectivity index (χ0n) is 16.2. The zero-order chi connectivity index (χ0) is 19.8. The Hall–Kier alpha value is -2.12. The van der Waals surface area contributed by atoms with Crippen LogP contribution in [0.2, 0.25) is 0 Å². The summed E-state index contributed by atoms with van der Waals surface area (Å²) in [6.07, 6.45) is -0.141. The number of carbonyl (C=O) groups is 2. The Labute approximate surface area is 155 Å². The Bertz CT molecular complexity index is 585. The van der Waals surface area contributed by atoms with E-state index in [-0.39, 0.29) is 13.2 Å². The number of hydrogen-bond acceptors (Lipinski definition) is 5. The molecule has 0 saturated carbocycles. The highest BCUT2D eigenvalue weighted by atomic mass is 16.6. The monoisotopic (exact) mass is 366 g/mol. The molecule has 3 N–H and O–H groups in total. The SMILES string of the molecule is COC[C@H](Cc1ccccc1)[C@](CNC(=O)OC(C)(C)C)(OC)C(N)=O. The Balaban J connectivity index is 3.02. The van der Waals surface area contributed by atoms with E-state index in [2.05, 4.69) is 5.32 Å². The molecule has 2 amide bonds. The summed E-state index contributed by atoms with van der Waals surface area (Å²) in [4.78, 5) is 24.3. The molecule has 0 bridgehead atoms. The fourth-order valence-electron chi connectivity index (χ4n) is 2.75. The summed E-state index contributed by atoms with van der Waals surface area (Å²) in [5, 5.41) is 2.59. The van der Waals surface area contributed by atoms with Crippen LogP contribution in [0.1, 0.15) is 26.3 Å². The predicted octanol–water partition coefficient (Wildman–Crippen LogP) is 1.89. The lowest BCUT2D eigenvalue weighted by Crippen LogP contribution is -2.60. The normalized spacial score (nSPS) is 15.0. The van der Waals surface area contributed by atoms with Crippen LogP contribution in [0.5, 0.6) is 0 Å². The quantitative estimate of drug-likeness (QED) is 0.695. The summed E-state index contributed by atoms with van der Waals surface area (Å²) in [6.45, 7) is 5.39. The first kappa shape index (κ1) is 21.9. The first-order valence-corrected chi connectivity index (χ1v) is 8.49.